The topological polar surface area (TPSA) is 45.6 Å². The monoisotopic (exact) mass is 332 g/mol. The van der Waals surface area contributed by atoms with Gasteiger partial charge in [-0.05, 0) is 51.8 Å². The zero-order valence-electron chi connectivity index (χ0n) is 14.2. The van der Waals surface area contributed by atoms with E-state index in [-0.39, 0.29) is 5.75 Å². The summed E-state index contributed by atoms with van der Waals surface area (Å²) in [4.78, 5) is 8.39. The molecule has 0 radical (unpaired) electrons. The number of aryl methyl sites for hydroxylation is 3. The Morgan fingerprint density at radius 1 is 1.39 bits per heavy atom. The largest absolute Gasteiger partial charge is 0.504 e. The van der Waals surface area contributed by atoms with Gasteiger partial charge in [0.15, 0.2) is 11.5 Å². The van der Waals surface area contributed by atoms with Crippen LogP contribution in [0.15, 0.2) is 12.1 Å². The average Bonchev–Trinajstić information content (AvgIpc) is 2.90. The quantitative estimate of drug-likeness (QED) is 0.920. The number of nitrogens with zero attached hydrogens (tertiary/aromatic N) is 2. The van der Waals surface area contributed by atoms with Crippen LogP contribution in [-0.2, 0) is 13.0 Å². The maximum atomic E-state index is 10.4. The number of phenols is 1. The van der Waals surface area contributed by atoms with E-state index in [9.17, 15) is 5.11 Å². The summed E-state index contributed by atoms with van der Waals surface area (Å²) >= 11 is 1.81. The molecule has 23 heavy (non-hydrogen) atoms. The second-order valence-corrected chi connectivity index (χ2v) is 7.58. The molecule has 0 saturated heterocycles. The molecule has 1 aliphatic carbocycles. The Bertz CT molecular complexity index is 711. The molecule has 3 rings (SSSR count). The highest BCUT2D eigenvalue weighted by Crippen LogP contribution is 2.39. The molecule has 1 heterocycles. The SMILES string of the molecule is COc1cc(C)cc(CN(C)[C@@H]2CCCc3nc(C)sc32)c1O. The third-order valence-corrected chi connectivity index (χ3v) is 5.61. The minimum atomic E-state index is 0.251. The fraction of sp³-hybridized carbons (Fsp3) is 0.500. The summed E-state index contributed by atoms with van der Waals surface area (Å²) in [6.45, 7) is 4.80. The Kier molecular flexibility index (Phi) is 4.60. The predicted molar refractivity (Wildman–Crippen MR) is 93.4 cm³/mol. The fourth-order valence-electron chi connectivity index (χ4n) is 3.41. The van der Waals surface area contributed by atoms with Crippen molar-refractivity contribution in [2.24, 2.45) is 0 Å². The number of ether oxygens (including phenoxy) is 1. The van der Waals surface area contributed by atoms with Gasteiger partial charge in [0.05, 0.1) is 17.8 Å². The second kappa shape index (κ2) is 6.49. The molecule has 1 aliphatic rings. The summed E-state index contributed by atoms with van der Waals surface area (Å²) < 4.78 is 5.28. The summed E-state index contributed by atoms with van der Waals surface area (Å²) in [6, 6.07) is 4.29. The van der Waals surface area contributed by atoms with E-state index in [2.05, 4.69) is 23.9 Å². The fourth-order valence-corrected chi connectivity index (χ4v) is 4.59. The van der Waals surface area contributed by atoms with E-state index >= 15 is 0 Å². The van der Waals surface area contributed by atoms with Crippen LogP contribution < -0.4 is 4.74 Å². The van der Waals surface area contributed by atoms with Gasteiger partial charge in [0.25, 0.3) is 0 Å². The molecule has 1 N–H and O–H groups in total. The first kappa shape index (κ1) is 16.3. The zero-order chi connectivity index (χ0) is 16.6. The van der Waals surface area contributed by atoms with Crippen molar-refractivity contribution in [2.75, 3.05) is 14.2 Å². The molecule has 4 nitrogen and oxygen atoms in total. The van der Waals surface area contributed by atoms with Crippen LogP contribution in [0.25, 0.3) is 0 Å². The number of aromatic hydroxyl groups is 1. The van der Waals surface area contributed by atoms with Crippen molar-refractivity contribution in [1.82, 2.24) is 9.88 Å². The maximum absolute atomic E-state index is 10.4. The van der Waals surface area contributed by atoms with Gasteiger partial charge in [0, 0.05) is 23.0 Å². The molecular formula is C18H24N2O2S. The van der Waals surface area contributed by atoms with Crippen LogP contribution in [0.2, 0.25) is 0 Å². The smallest absolute Gasteiger partial charge is 0.162 e. The van der Waals surface area contributed by atoms with Gasteiger partial charge in [-0.3, -0.25) is 4.90 Å². The number of aromatic nitrogens is 1. The van der Waals surface area contributed by atoms with E-state index in [1.54, 1.807) is 7.11 Å². The normalized spacial score (nSPS) is 17.3. The number of methoxy groups -OCH3 is 1. The van der Waals surface area contributed by atoms with Crippen LogP contribution >= 0.6 is 11.3 Å². The van der Waals surface area contributed by atoms with E-state index in [4.69, 9.17) is 4.74 Å². The molecule has 0 saturated carbocycles. The van der Waals surface area contributed by atoms with Crippen molar-refractivity contribution in [3.63, 3.8) is 0 Å². The molecule has 0 amide bonds. The summed E-state index contributed by atoms with van der Waals surface area (Å²) in [5, 5.41) is 11.5. The van der Waals surface area contributed by atoms with Gasteiger partial charge < -0.3 is 9.84 Å². The third-order valence-electron chi connectivity index (χ3n) is 4.50. The van der Waals surface area contributed by atoms with Crippen LogP contribution in [0.5, 0.6) is 11.5 Å². The standard InChI is InChI=1S/C18H24N2O2S/c1-11-8-13(17(21)16(9-11)22-4)10-20(3)15-7-5-6-14-18(15)23-12(2)19-14/h8-9,15,21H,5-7,10H2,1-4H3/t15-/m1/s1. The molecular weight excluding hydrogens is 308 g/mol. The average molecular weight is 332 g/mol. The molecule has 1 aromatic carbocycles. The molecule has 0 aliphatic heterocycles. The molecule has 1 aromatic heterocycles. The Balaban J connectivity index is 1.86. The highest BCUT2D eigenvalue weighted by atomic mass is 32.1. The lowest BCUT2D eigenvalue weighted by molar-refractivity contribution is 0.213. The lowest BCUT2D eigenvalue weighted by atomic mass is 9.96. The third kappa shape index (κ3) is 3.21. The molecule has 124 valence electrons. The van der Waals surface area contributed by atoms with Crippen molar-refractivity contribution in [3.05, 3.63) is 38.8 Å². The Labute approximate surface area is 141 Å². The lowest BCUT2D eigenvalue weighted by Crippen LogP contribution is -2.26. The van der Waals surface area contributed by atoms with Gasteiger partial charge in [0.1, 0.15) is 0 Å². The first-order valence-electron chi connectivity index (χ1n) is 8.02. The molecule has 0 unspecified atom stereocenters. The van der Waals surface area contributed by atoms with Gasteiger partial charge in [-0.25, -0.2) is 4.98 Å². The number of fused-ring (bicyclic) bond motifs is 1. The van der Waals surface area contributed by atoms with Gasteiger partial charge in [-0.15, -0.1) is 11.3 Å². The minimum Gasteiger partial charge on any atom is -0.504 e. The van der Waals surface area contributed by atoms with Crippen LogP contribution in [0.1, 0.15) is 45.6 Å². The van der Waals surface area contributed by atoms with Gasteiger partial charge in [-0.1, -0.05) is 6.07 Å². The zero-order valence-corrected chi connectivity index (χ0v) is 15.0. The Morgan fingerprint density at radius 2 is 2.17 bits per heavy atom. The highest BCUT2D eigenvalue weighted by Gasteiger charge is 2.27. The molecule has 2 aromatic rings. The Morgan fingerprint density at radius 3 is 2.91 bits per heavy atom. The number of benzene rings is 1. The van der Waals surface area contributed by atoms with Gasteiger partial charge in [0.2, 0.25) is 0 Å². The Hall–Kier alpha value is -1.59. The van der Waals surface area contributed by atoms with Crippen LogP contribution in [0, 0.1) is 13.8 Å². The van der Waals surface area contributed by atoms with Crippen LogP contribution in [-0.4, -0.2) is 29.1 Å². The second-order valence-electron chi connectivity index (χ2n) is 6.34. The molecule has 0 spiro atoms. The van der Waals surface area contributed by atoms with Gasteiger partial charge >= 0.3 is 0 Å². The van der Waals surface area contributed by atoms with E-state index in [0.29, 0.717) is 18.3 Å². The van der Waals surface area contributed by atoms with Crippen molar-refractivity contribution in [2.45, 2.75) is 45.7 Å². The van der Waals surface area contributed by atoms with Crippen LogP contribution in [0.3, 0.4) is 0 Å². The number of phenolic OH excluding ortho intramolecular Hbond substituents is 1. The van der Waals surface area contributed by atoms with E-state index < -0.39 is 0 Å². The number of thiazole rings is 1. The minimum absolute atomic E-state index is 0.251. The summed E-state index contributed by atoms with van der Waals surface area (Å²) in [6.07, 6.45) is 3.41. The number of hydrogen-bond donors (Lipinski definition) is 1. The molecule has 0 fully saturated rings. The molecule has 1 atom stereocenters. The predicted octanol–water partition coefficient (Wildman–Crippen LogP) is 3.98. The number of hydrogen-bond acceptors (Lipinski definition) is 5. The summed E-state index contributed by atoms with van der Waals surface area (Å²) in [5.41, 5.74) is 3.28. The van der Waals surface area contributed by atoms with Crippen molar-refractivity contribution >= 4 is 11.3 Å². The maximum Gasteiger partial charge on any atom is 0.162 e. The van der Waals surface area contributed by atoms with E-state index in [1.165, 1.54) is 17.0 Å². The van der Waals surface area contributed by atoms with Crippen molar-refractivity contribution < 1.29 is 9.84 Å². The van der Waals surface area contributed by atoms with E-state index in [1.807, 2.05) is 30.4 Å². The van der Waals surface area contributed by atoms with Gasteiger partial charge in [-0.2, -0.15) is 0 Å². The van der Waals surface area contributed by atoms with Crippen LogP contribution in [0.4, 0.5) is 0 Å². The number of rotatable bonds is 4. The summed E-state index contributed by atoms with van der Waals surface area (Å²) in [5.74, 6) is 0.799. The van der Waals surface area contributed by atoms with Crippen molar-refractivity contribution in [3.8, 4) is 11.5 Å². The highest BCUT2D eigenvalue weighted by molar-refractivity contribution is 7.11. The van der Waals surface area contributed by atoms with E-state index in [0.717, 1.165) is 29.0 Å². The first-order chi connectivity index (χ1) is 11.0. The first-order valence-corrected chi connectivity index (χ1v) is 8.84. The molecule has 5 heteroatoms. The lowest BCUT2D eigenvalue weighted by Gasteiger charge is -2.31. The molecule has 0 bridgehead atoms. The summed E-state index contributed by atoms with van der Waals surface area (Å²) in [7, 11) is 3.72. The van der Waals surface area contributed by atoms with Crippen molar-refractivity contribution in [1.29, 1.82) is 0 Å².